The van der Waals surface area contributed by atoms with Gasteiger partial charge in [0, 0.05) is 31.2 Å². The average molecular weight is 252 g/mol. The molecule has 3 unspecified atom stereocenters. The van der Waals surface area contributed by atoms with E-state index in [9.17, 15) is 0 Å². The van der Waals surface area contributed by atoms with Crippen LogP contribution in [0.25, 0.3) is 0 Å². The van der Waals surface area contributed by atoms with E-state index in [1.807, 2.05) is 0 Å². The van der Waals surface area contributed by atoms with Gasteiger partial charge in [0.25, 0.3) is 0 Å². The number of hydrogen-bond acceptors (Lipinski definition) is 2. The molecule has 0 aromatic heterocycles. The smallest absolute Gasteiger partial charge is 0.0247 e. The van der Waals surface area contributed by atoms with Gasteiger partial charge in [0.15, 0.2) is 0 Å². The predicted molar refractivity (Wildman–Crippen MR) is 78.8 cm³/mol. The molecule has 1 aliphatic heterocycles. The fourth-order valence-electron chi connectivity index (χ4n) is 3.45. The summed E-state index contributed by atoms with van der Waals surface area (Å²) in [6.07, 6.45) is 7.03. The van der Waals surface area contributed by atoms with Crippen molar-refractivity contribution in [3.05, 3.63) is 0 Å². The molecular weight excluding hydrogens is 220 g/mol. The minimum absolute atomic E-state index is 0.716. The summed E-state index contributed by atoms with van der Waals surface area (Å²) in [6, 6.07) is 2.30. The van der Waals surface area contributed by atoms with Crippen LogP contribution in [0, 0.1) is 11.8 Å². The van der Waals surface area contributed by atoms with E-state index >= 15 is 0 Å². The van der Waals surface area contributed by atoms with Crippen molar-refractivity contribution in [2.24, 2.45) is 11.8 Å². The number of nitrogens with one attached hydrogen (secondary N) is 1. The van der Waals surface area contributed by atoms with Crippen LogP contribution in [0.1, 0.15) is 59.8 Å². The molecule has 0 bridgehead atoms. The van der Waals surface area contributed by atoms with E-state index in [-0.39, 0.29) is 0 Å². The summed E-state index contributed by atoms with van der Waals surface area (Å²) in [5, 5.41) is 3.74. The lowest BCUT2D eigenvalue weighted by molar-refractivity contribution is 0.0466. The highest BCUT2D eigenvalue weighted by molar-refractivity contribution is 4.92. The molecule has 2 rings (SSSR count). The molecule has 1 aliphatic carbocycles. The van der Waals surface area contributed by atoms with Gasteiger partial charge in [-0.1, -0.05) is 40.5 Å². The van der Waals surface area contributed by atoms with Gasteiger partial charge in [-0.3, -0.25) is 4.90 Å². The van der Waals surface area contributed by atoms with E-state index < -0.39 is 0 Å². The zero-order chi connectivity index (χ0) is 13.1. The Kier molecular flexibility index (Phi) is 5.08. The van der Waals surface area contributed by atoms with Crippen molar-refractivity contribution in [2.45, 2.75) is 77.9 Å². The fourth-order valence-corrected chi connectivity index (χ4v) is 3.45. The van der Waals surface area contributed by atoms with Crippen molar-refractivity contribution in [3.8, 4) is 0 Å². The molecule has 2 fully saturated rings. The van der Waals surface area contributed by atoms with Crippen LogP contribution in [0.2, 0.25) is 0 Å². The van der Waals surface area contributed by atoms with Crippen molar-refractivity contribution in [1.29, 1.82) is 0 Å². The Morgan fingerprint density at radius 1 is 1.22 bits per heavy atom. The van der Waals surface area contributed by atoms with Crippen LogP contribution in [0.5, 0.6) is 0 Å². The van der Waals surface area contributed by atoms with Crippen molar-refractivity contribution >= 4 is 0 Å². The SMILES string of the molecule is CCC1CN(C(CC)CC2CC2)C(C(C)C)CN1. The van der Waals surface area contributed by atoms with Gasteiger partial charge in [0.05, 0.1) is 0 Å². The van der Waals surface area contributed by atoms with Crippen LogP contribution in [0.4, 0.5) is 0 Å². The topological polar surface area (TPSA) is 15.3 Å². The number of hydrogen-bond donors (Lipinski definition) is 1. The molecule has 1 heterocycles. The first-order valence-electron chi connectivity index (χ1n) is 8.14. The maximum Gasteiger partial charge on any atom is 0.0247 e. The number of rotatable bonds is 6. The number of piperazine rings is 1. The fraction of sp³-hybridized carbons (Fsp3) is 1.00. The van der Waals surface area contributed by atoms with Crippen LogP contribution < -0.4 is 5.32 Å². The van der Waals surface area contributed by atoms with Crippen LogP contribution in [0.15, 0.2) is 0 Å². The highest BCUT2D eigenvalue weighted by Crippen LogP contribution is 2.36. The zero-order valence-electron chi connectivity index (χ0n) is 12.8. The van der Waals surface area contributed by atoms with Gasteiger partial charge < -0.3 is 5.32 Å². The summed E-state index contributed by atoms with van der Waals surface area (Å²) in [5.74, 6) is 1.82. The maximum atomic E-state index is 3.74. The second-order valence-electron chi connectivity index (χ2n) is 6.76. The Balaban J connectivity index is 2.01. The third-order valence-electron chi connectivity index (χ3n) is 4.98. The largest absolute Gasteiger partial charge is 0.311 e. The third-order valence-corrected chi connectivity index (χ3v) is 4.98. The van der Waals surface area contributed by atoms with Gasteiger partial charge >= 0.3 is 0 Å². The summed E-state index contributed by atoms with van der Waals surface area (Å²) < 4.78 is 0. The molecule has 1 saturated carbocycles. The molecule has 2 aliphatic rings. The molecule has 0 radical (unpaired) electrons. The Hall–Kier alpha value is -0.0800. The molecule has 0 aromatic rings. The summed E-state index contributed by atoms with van der Waals surface area (Å²) in [5.41, 5.74) is 0. The van der Waals surface area contributed by atoms with Crippen LogP contribution in [-0.2, 0) is 0 Å². The maximum absolute atomic E-state index is 3.74. The lowest BCUT2D eigenvalue weighted by atomic mass is 9.93. The van der Waals surface area contributed by atoms with Gasteiger partial charge in [0.2, 0.25) is 0 Å². The van der Waals surface area contributed by atoms with Crippen LogP contribution in [0.3, 0.4) is 0 Å². The molecule has 106 valence electrons. The van der Waals surface area contributed by atoms with E-state index in [1.54, 1.807) is 0 Å². The van der Waals surface area contributed by atoms with Gasteiger partial charge in [-0.15, -0.1) is 0 Å². The Morgan fingerprint density at radius 2 is 1.94 bits per heavy atom. The molecule has 0 spiro atoms. The molecular formula is C16H32N2. The first-order valence-corrected chi connectivity index (χ1v) is 8.14. The molecule has 1 saturated heterocycles. The van der Waals surface area contributed by atoms with Crippen molar-refractivity contribution in [1.82, 2.24) is 10.2 Å². The van der Waals surface area contributed by atoms with E-state index in [2.05, 4.69) is 37.9 Å². The van der Waals surface area contributed by atoms with Crippen molar-refractivity contribution in [2.75, 3.05) is 13.1 Å². The highest BCUT2D eigenvalue weighted by atomic mass is 15.3. The van der Waals surface area contributed by atoms with Crippen LogP contribution in [-0.4, -0.2) is 36.1 Å². The molecule has 3 atom stereocenters. The molecule has 0 amide bonds. The first-order chi connectivity index (χ1) is 8.65. The van der Waals surface area contributed by atoms with Gasteiger partial charge in [-0.25, -0.2) is 0 Å². The predicted octanol–water partition coefficient (Wildman–Crippen LogP) is 3.27. The second-order valence-corrected chi connectivity index (χ2v) is 6.76. The quantitative estimate of drug-likeness (QED) is 0.780. The summed E-state index contributed by atoms with van der Waals surface area (Å²) in [6.45, 7) is 11.9. The average Bonchev–Trinajstić information content (AvgIpc) is 3.19. The van der Waals surface area contributed by atoms with E-state index in [0.717, 1.165) is 23.9 Å². The third kappa shape index (κ3) is 3.48. The minimum Gasteiger partial charge on any atom is -0.311 e. The Bertz CT molecular complexity index is 247. The minimum atomic E-state index is 0.716. The lowest BCUT2D eigenvalue weighted by Gasteiger charge is -2.46. The molecule has 0 aromatic carbocycles. The van der Waals surface area contributed by atoms with Crippen LogP contribution >= 0.6 is 0 Å². The lowest BCUT2D eigenvalue weighted by Crippen LogP contribution is -2.60. The van der Waals surface area contributed by atoms with Crippen molar-refractivity contribution < 1.29 is 0 Å². The standard InChI is InChI=1S/C16H32N2/c1-5-14-11-18(16(10-17-14)12(3)4)15(6-2)9-13-7-8-13/h12-17H,5-11H2,1-4H3. The normalized spacial score (nSPS) is 31.8. The summed E-state index contributed by atoms with van der Waals surface area (Å²) in [7, 11) is 0. The Labute approximate surface area is 114 Å². The molecule has 18 heavy (non-hydrogen) atoms. The first kappa shape index (κ1) is 14.3. The van der Waals surface area contributed by atoms with Gasteiger partial charge in [-0.2, -0.15) is 0 Å². The molecule has 1 N–H and O–H groups in total. The highest BCUT2D eigenvalue weighted by Gasteiger charge is 2.35. The Morgan fingerprint density at radius 3 is 2.44 bits per heavy atom. The van der Waals surface area contributed by atoms with Gasteiger partial charge in [0.1, 0.15) is 0 Å². The van der Waals surface area contributed by atoms with Gasteiger partial charge in [-0.05, 0) is 31.1 Å². The van der Waals surface area contributed by atoms with E-state index in [1.165, 1.54) is 45.2 Å². The summed E-state index contributed by atoms with van der Waals surface area (Å²) >= 11 is 0. The van der Waals surface area contributed by atoms with Crippen molar-refractivity contribution in [3.63, 3.8) is 0 Å². The monoisotopic (exact) mass is 252 g/mol. The zero-order valence-corrected chi connectivity index (χ0v) is 12.8. The van der Waals surface area contributed by atoms with E-state index in [4.69, 9.17) is 0 Å². The molecule has 2 nitrogen and oxygen atoms in total. The number of nitrogens with zero attached hydrogens (tertiary/aromatic N) is 1. The molecule has 2 heteroatoms. The second kappa shape index (κ2) is 6.38. The van der Waals surface area contributed by atoms with E-state index in [0.29, 0.717) is 6.04 Å². The summed E-state index contributed by atoms with van der Waals surface area (Å²) in [4.78, 5) is 2.85.